The average Bonchev–Trinajstić information content (AvgIpc) is 2.65. The minimum Gasteiger partial charge on any atom is -0.198 e. The summed E-state index contributed by atoms with van der Waals surface area (Å²) in [5.74, 6) is 2.58. The van der Waals surface area contributed by atoms with E-state index in [4.69, 9.17) is 5.26 Å². The van der Waals surface area contributed by atoms with Crippen LogP contribution in [0.1, 0.15) is 40.0 Å². The lowest BCUT2D eigenvalue weighted by Crippen LogP contribution is -2.08. The normalized spacial score (nSPS) is 41.6. The molecule has 0 amide bonds. The summed E-state index contributed by atoms with van der Waals surface area (Å²) in [5, 5.41) is 8.57. The van der Waals surface area contributed by atoms with Crippen LogP contribution in [-0.4, -0.2) is 0 Å². The van der Waals surface area contributed by atoms with Crippen molar-refractivity contribution in [1.29, 1.82) is 5.26 Å². The van der Waals surface area contributed by atoms with Gasteiger partial charge in [-0.3, -0.25) is 0 Å². The fourth-order valence-corrected chi connectivity index (χ4v) is 3.18. The van der Waals surface area contributed by atoms with Gasteiger partial charge in [0.1, 0.15) is 0 Å². The van der Waals surface area contributed by atoms with Crippen molar-refractivity contribution >= 4 is 0 Å². The lowest BCUT2D eigenvalue weighted by atomic mass is 9.85. The van der Waals surface area contributed by atoms with E-state index in [0.717, 1.165) is 11.8 Å². The fourth-order valence-electron chi connectivity index (χ4n) is 3.18. The third-order valence-corrected chi connectivity index (χ3v) is 4.44. The van der Waals surface area contributed by atoms with Crippen LogP contribution >= 0.6 is 0 Å². The number of allylic oxidation sites excluding steroid dienone is 2. The van der Waals surface area contributed by atoms with Crippen molar-refractivity contribution in [1.82, 2.24) is 0 Å². The molecule has 0 heterocycles. The molecule has 3 atom stereocenters. The standard InChI is InChI=1S/C13H19N/c1-9-7-11-12(13(11,2)3)8-10(9)5-4-6-14/h5,9,11-12H,4,7-8H2,1-3H3/t9-,11-,12?/m1/s1. The molecule has 0 saturated heterocycles. The molecule has 0 aliphatic heterocycles. The topological polar surface area (TPSA) is 23.8 Å². The van der Waals surface area contributed by atoms with Crippen LogP contribution in [0.4, 0.5) is 0 Å². The summed E-state index contributed by atoms with van der Waals surface area (Å²) in [4.78, 5) is 0. The van der Waals surface area contributed by atoms with Gasteiger partial charge in [0.15, 0.2) is 0 Å². The summed E-state index contributed by atoms with van der Waals surface area (Å²) in [6.45, 7) is 7.10. The van der Waals surface area contributed by atoms with E-state index in [1.165, 1.54) is 12.8 Å². The van der Waals surface area contributed by atoms with Crippen LogP contribution in [0, 0.1) is 34.5 Å². The van der Waals surface area contributed by atoms with E-state index < -0.39 is 0 Å². The monoisotopic (exact) mass is 189 g/mol. The van der Waals surface area contributed by atoms with Gasteiger partial charge in [-0.2, -0.15) is 5.26 Å². The molecule has 76 valence electrons. The Bertz CT molecular complexity index is 306. The second-order valence-corrected chi connectivity index (χ2v) is 5.52. The summed E-state index contributed by atoms with van der Waals surface area (Å²) in [7, 11) is 0. The van der Waals surface area contributed by atoms with Gasteiger partial charge < -0.3 is 0 Å². The zero-order valence-corrected chi connectivity index (χ0v) is 9.38. The van der Waals surface area contributed by atoms with Crippen molar-refractivity contribution in [3.63, 3.8) is 0 Å². The Balaban J connectivity index is 2.07. The quantitative estimate of drug-likeness (QED) is 0.579. The number of hydrogen-bond donors (Lipinski definition) is 0. The minimum atomic E-state index is 0.580. The molecule has 0 aromatic rings. The lowest BCUT2D eigenvalue weighted by molar-refractivity contribution is 0.452. The van der Waals surface area contributed by atoms with Gasteiger partial charge in [0.25, 0.3) is 0 Å². The molecular weight excluding hydrogens is 170 g/mol. The van der Waals surface area contributed by atoms with Crippen LogP contribution in [0.5, 0.6) is 0 Å². The Morgan fingerprint density at radius 1 is 1.50 bits per heavy atom. The predicted molar refractivity (Wildman–Crippen MR) is 57.5 cm³/mol. The van der Waals surface area contributed by atoms with Gasteiger partial charge in [-0.1, -0.05) is 32.4 Å². The average molecular weight is 189 g/mol. The van der Waals surface area contributed by atoms with E-state index in [-0.39, 0.29) is 0 Å². The van der Waals surface area contributed by atoms with Gasteiger partial charge in [-0.05, 0) is 36.0 Å². The largest absolute Gasteiger partial charge is 0.198 e. The summed E-state index contributed by atoms with van der Waals surface area (Å²) < 4.78 is 0. The van der Waals surface area contributed by atoms with E-state index in [1.807, 2.05) is 0 Å². The molecule has 0 aromatic heterocycles. The zero-order chi connectivity index (χ0) is 10.3. The molecule has 1 heteroatoms. The molecule has 0 bridgehead atoms. The summed E-state index contributed by atoms with van der Waals surface area (Å²) in [6, 6.07) is 2.21. The van der Waals surface area contributed by atoms with Crippen LogP contribution < -0.4 is 0 Å². The first-order chi connectivity index (χ1) is 6.57. The van der Waals surface area contributed by atoms with Gasteiger partial charge in [-0.25, -0.2) is 0 Å². The summed E-state index contributed by atoms with van der Waals surface area (Å²) in [5.41, 5.74) is 2.12. The maximum Gasteiger partial charge on any atom is 0.0663 e. The molecule has 1 nitrogen and oxygen atoms in total. The molecule has 0 spiro atoms. The van der Waals surface area contributed by atoms with Crippen LogP contribution in [0.3, 0.4) is 0 Å². The molecule has 2 fully saturated rings. The molecule has 2 rings (SSSR count). The van der Waals surface area contributed by atoms with E-state index in [2.05, 4.69) is 32.9 Å². The third kappa shape index (κ3) is 1.38. The van der Waals surface area contributed by atoms with E-state index in [1.54, 1.807) is 5.57 Å². The van der Waals surface area contributed by atoms with Crippen LogP contribution in [0.2, 0.25) is 0 Å². The predicted octanol–water partition coefficient (Wildman–Crippen LogP) is 3.53. The molecule has 0 radical (unpaired) electrons. The van der Waals surface area contributed by atoms with Gasteiger partial charge in [0.2, 0.25) is 0 Å². The Kier molecular flexibility index (Phi) is 2.18. The smallest absolute Gasteiger partial charge is 0.0663 e. The van der Waals surface area contributed by atoms with Crippen LogP contribution in [0.15, 0.2) is 11.6 Å². The maximum absolute atomic E-state index is 8.57. The fraction of sp³-hybridized carbons (Fsp3) is 0.769. The number of nitriles is 1. The molecule has 0 N–H and O–H groups in total. The van der Waals surface area contributed by atoms with E-state index >= 15 is 0 Å². The highest BCUT2D eigenvalue weighted by Crippen LogP contribution is 2.66. The van der Waals surface area contributed by atoms with Crippen molar-refractivity contribution in [3.05, 3.63) is 11.6 Å². The first-order valence-electron chi connectivity index (χ1n) is 5.63. The van der Waals surface area contributed by atoms with E-state index in [9.17, 15) is 0 Å². The van der Waals surface area contributed by atoms with E-state index in [0.29, 0.717) is 17.8 Å². The first-order valence-corrected chi connectivity index (χ1v) is 5.63. The van der Waals surface area contributed by atoms with Crippen LogP contribution in [-0.2, 0) is 0 Å². The van der Waals surface area contributed by atoms with Crippen molar-refractivity contribution in [3.8, 4) is 6.07 Å². The molecule has 1 unspecified atom stereocenters. The summed E-state index contributed by atoms with van der Waals surface area (Å²) in [6.07, 6.45) is 5.35. The third-order valence-electron chi connectivity index (χ3n) is 4.44. The molecular formula is C13H19N. The summed E-state index contributed by atoms with van der Waals surface area (Å²) >= 11 is 0. The highest BCUT2D eigenvalue weighted by atomic mass is 14.6. The molecule has 0 aromatic carbocycles. The Hall–Kier alpha value is -0.770. The first kappa shape index (κ1) is 9.77. The molecule has 2 aliphatic rings. The highest BCUT2D eigenvalue weighted by Gasteiger charge is 2.59. The number of rotatable bonds is 1. The van der Waals surface area contributed by atoms with Crippen molar-refractivity contribution in [2.75, 3.05) is 0 Å². The van der Waals surface area contributed by atoms with Crippen molar-refractivity contribution < 1.29 is 0 Å². The van der Waals surface area contributed by atoms with Gasteiger partial charge in [0.05, 0.1) is 12.5 Å². The second-order valence-electron chi connectivity index (χ2n) is 5.52. The maximum atomic E-state index is 8.57. The minimum absolute atomic E-state index is 0.580. The molecule has 2 aliphatic carbocycles. The second kappa shape index (κ2) is 3.12. The number of fused-ring (bicyclic) bond motifs is 1. The van der Waals surface area contributed by atoms with Crippen molar-refractivity contribution in [2.24, 2.45) is 23.2 Å². The Labute approximate surface area is 86.8 Å². The van der Waals surface area contributed by atoms with Gasteiger partial charge in [0, 0.05) is 0 Å². The Morgan fingerprint density at radius 2 is 2.21 bits per heavy atom. The van der Waals surface area contributed by atoms with Gasteiger partial charge >= 0.3 is 0 Å². The zero-order valence-electron chi connectivity index (χ0n) is 9.38. The SMILES string of the molecule is C[C@@H]1C[C@@H]2C(CC1=CCC#N)C2(C)C. The lowest BCUT2D eigenvalue weighted by Gasteiger charge is -2.20. The highest BCUT2D eigenvalue weighted by molar-refractivity contribution is 5.21. The number of nitrogens with zero attached hydrogens (tertiary/aromatic N) is 1. The van der Waals surface area contributed by atoms with Gasteiger partial charge in [-0.15, -0.1) is 0 Å². The van der Waals surface area contributed by atoms with Crippen molar-refractivity contribution in [2.45, 2.75) is 40.0 Å². The van der Waals surface area contributed by atoms with Crippen LogP contribution in [0.25, 0.3) is 0 Å². The Morgan fingerprint density at radius 3 is 2.86 bits per heavy atom. The molecule has 2 saturated carbocycles. The number of hydrogen-bond acceptors (Lipinski definition) is 1. The molecule has 14 heavy (non-hydrogen) atoms.